The zero-order valence-corrected chi connectivity index (χ0v) is 23.8. The van der Waals surface area contributed by atoms with Gasteiger partial charge >= 0.3 is 7.82 Å². The van der Waals surface area contributed by atoms with Gasteiger partial charge in [-0.2, -0.15) is 0 Å². The molecule has 11 heteroatoms. The molecule has 0 bridgehead atoms. The standard InChI is InChI=1S/C24H47N2O8P/c1-10-12-25-18(27)11-13-26-21(30)20(29)24(8,9)16-34-35(31,32)33-15-17(14-22(2,3)4)19(28)23(5,6)7/h17,20,29H,10-16H2,1-9H3,(H,25,27)(H,26,30)(H,31,32). The first-order chi connectivity index (χ1) is 15.7. The van der Waals surface area contributed by atoms with Crippen LogP contribution in [0.2, 0.25) is 0 Å². The fourth-order valence-corrected chi connectivity index (χ4v) is 4.17. The summed E-state index contributed by atoms with van der Waals surface area (Å²) in [5.74, 6) is -1.62. The van der Waals surface area contributed by atoms with Crippen molar-refractivity contribution in [2.24, 2.45) is 22.2 Å². The molecule has 0 spiro atoms. The van der Waals surface area contributed by atoms with E-state index in [1.807, 2.05) is 27.7 Å². The summed E-state index contributed by atoms with van der Waals surface area (Å²) in [6.45, 7) is 16.0. The fourth-order valence-electron chi connectivity index (χ4n) is 3.23. The van der Waals surface area contributed by atoms with Crippen LogP contribution in [0.3, 0.4) is 0 Å². The van der Waals surface area contributed by atoms with Gasteiger partial charge in [0, 0.05) is 36.3 Å². The highest BCUT2D eigenvalue weighted by atomic mass is 31.2. The molecule has 0 rings (SSSR count). The lowest BCUT2D eigenvalue weighted by Gasteiger charge is -2.31. The Labute approximate surface area is 210 Å². The maximum absolute atomic E-state index is 12.8. The number of aliphatic hydroxyl groups is 1. The van der Waals surface area contributed by atoms with Gasteiger partial charge < -0.3 is 20.6 Å². The van der Waals surface area contributed by atoms with Crippen LogP contribution < -0.4 is 10.6 Å². The molecular formula is C24H47N2O8P. The number of carbonyl (C=O) groups is 3. The number of hydrogen-bond acceptors (Lipinski definition) is 7. The van der Waals surface area contributed by atoms with Crippen LogP contribution in [0.4, 0.5) is 0 Å². The first-order valence-corrected chi connectivity index (χ1v) is 13.6. The molecule has 0 saturated heterocycles. The molecule has 4 N–H and O–H groups in total. The van der Waals surface area contributed by atoms with Crippen molar-refractivity contribution in [3.05, 3.63) is 0 Å². The van der Waals surface area contributed by atoms with E-state index in [-0.39, 0.29) is 36.7 Å². The van der Waals surface area contributed by atoms with E-state index in [0.29, 0.717) is 13.0 Å². The molecular weight excluding hydrogens is 475 g/mol. The van der Waals surface area contributed by atoms with E-state index in [1.54, 1.807) is 20.8 Å². The van der Waals surface area contributed by atoms with E-state index in [2.05, 4.69) is 10.6 Å². The lowest BCUT2D eigenvalue weighted by molar-refractivity contribution is -0.137. The fraction of sp³-hybridized carbons (Fsp3) is 0.875. The van der Waals surface area contributed by atoms with Gasteiger partial charge in [0.1, 0.15) is 11.9 Å². The minimum atomic E-state index is -4.56. The molecule has 35 heavy (non-hydrogen) atoms. The van der Waals surface area contributed by atoms with Gasteiger partial charge in [0.2, 0.25) is 11.8 Å². The molecule has 0 aromatic heterocycles. The molecule has 0 aromatic rings. The predicted octanol–water partition coefficient (Wildman–Crippen LogP) is 3.21. The molecule has 0 aliphatic heterocycles. The van der Waals surface area contributed by atoms with Crippen LogP contribution in [-0.4, -0.2) is 60.0 Å². The van der Waals surface area contributed by atoms with Crippen molar-refractivity contribution in [1.82, 2.24) is 10.6 Å². The largest absolute Gasteiger partial charge is 0.472 e. The van der Waals surface area contributed by atoms with Crippen LogP contribution in [-0.2, 0) is 28.0 Å². The van der Waals surface area contributed by atoms with Crippen molar-refractivity contribution < 1.29 is 38.0 Å². The van der Waals surface area contributed by atoms with Crippen LogP contribution in [0, 0.1) is 22.2 Å². The SMILES string of the molecule is CCCNC(=O)CCNC(=O)C(O)C(C)(C)COP(=O)(O)OCC(CC(C)(C)C)C(=O)C(C)(C)C. The second-order valence-corrected chi connectivity index (χ2v) is 13.3. The van der Waals surface area contributed by atoms with Gasteiger partial charge in [-0.05, 0) is 18.3 Å². The van der Waals surface area contributed by atoms with E-state index in [0.717, 1.165) is 6.42 Å². The van der Waals surface area contributed by atoms with E-state index in [4.69, 9.17) is 9.05 Å². The molecule has 0 aliphatic carbocycles. The molecule has 0 heterocycles. The topological polar surface area (TPSA) is 151 Å². The summed E-state index contributed by atoms with van der Waals surface area (Å²) in [5.41, 5.74) is -2.08. The maximum atomic E-state index is 12.8. The van der Waals surface area contributed by atoms with Crippen molar-refractivity contribution >= 4 is 25.4 Å². The third kappa shape index (κ3) is 14.1. The van der Waals surface area contributed by atoms with Gasteiger partial charge in [-0.25, -0.2) is 4.57 Å². The lowest BCUT2D eigenvalue weighted by Crippen LogP contribution is -2.46. The molecule has 3 unspecified atom stereocenters. The lowest BCUT2D eigenvalue weighted by atomic mass is 9.76. The van der Waals surface area contributed by atoms with E-state index in [1.165, 1.54) is 13.8 Å². The summed E-state index contributed by atoms with van der Waals surface area (Å²) < 4.78 is 22.7. The molecule has 0 aromatic carbocycles. The van der Waals surface area contributed by atoms with Crippen molar-refractivity contribution in [1.29, 1.82) is 0 Å². The van der Waals surface area contributed by atoms with Crippen LogP contribution in [0.5, 0.6) is 0 Å². The smallest absolute Gasteiger partial charge is 0.383 e. The molecule has 3 atom stereocenters. The molecule has 10 nitrogen and oxygen atoms in total. The van der Waals surface area contributed by atoms with Gasteiger partial charge in [0.25, 0.3) is 0 Å². The molecule has 0 saturated carbocycles. The number of ketones is 1. The van der Waals surface area contributed by atoms with Gasteiger partial charge in [-0.1, -0.05) is 62.3 Å². The van der Waals surface area contributed by atoms with Crippen molar-refractivity contribution in [3.63, 3.8) is 0 Å². The first kappa shape index (κ1) is 33.7. The number of carbonyl (C=O) groups excluding carboxylic acids is 3. The third-order valence-electron chi connectivity index (χ3n) is 5.22. The average molecular weight is 523 g/mol. The molecule has 0 aliphatic rings. The van der Waals surface area contributed by atoms with Crippen LogP contribution in [0.15, 0.2) is 0 Å². The normalized spacial score (nSPS) is 16.2. The highest BCUT2D eigenvalue weighted by Gasteiger charge is 2.38. The van der Waals surface area contributed by atoms with E-state index >= 15 is 0 Å². The number of aliphatic hydroxyl groups excluding tert-OH is 1. The summed E-state index contributed by atoms with van der Waals surface area (Å²) in [6, 6.07) is 0. The van der Waals surface area contributed by atoms with E-state index < -0.39 is 43.2 Å². The number of phosphoric ester groups is 1. The summed E-state index contributed by atoms with van der Waals surface area (Å²) in [5, 5.41) is 15.6. The molecule has 0 fully saturated rings. The van der Waals surface area contributed by atoms with Crippen molar-refractivity contribution in [2.45, 2.75) is 87.7 Å². The summed E-state index contributed by atoms with van der Waals surface area (Å²) in [4.78, 5) is 46.9. The summed E-state index contributed by atoms with van der Waals surface area (Å²) in [6.07, 6.45) is -0.229. The van der Waals surface area contributed by atoms with E-state index in [9.17, 15) is 28.9 Å². The predicted molar refractivity (Wildman–Crippen MR) is 134 cm³/mol. The minimum absolute atomic E-state index is 0.0426. The van der Waals surface area contributed by atoms with Gasteiger partial charge in [-0.15, -0.1) is 0 Å². The second-order valence-electron chi connectivity index (χ2n) is 11.9. The zero-order chi connectivity index (χ0) is 27.7. The highest BCUT2D eigenvalue weighted by molar-refractivity contribution is 7.47. The number of nitrogens with one attached hydrogen (secondary N) is 2. The monoisotopic (exact) mass is 522 g/mol. The Bertz CT molecular complexity index is 756. The Morgan fingerprint density at radius 3 is 2.00 bits per heavy atom. The van der Waals surface area contributed by atoms with Gasteiger partial charge in [0.05, 0.1) is 13.2 Å². The maximum Gasteiger partial charge on any atom is 0.472 e. The Morgan fingerprint density at radius 2 is 1.51 bits per heavy atom. The Kier molecular flexibility index (Phi) is 13.3. The number of Topliss-reactive ketones (excluding diaryl/α,β-unsaturated/α-hetero) is 1. The molecule has 0 radical (unpaired) electrons. The van der Waals surface area contributed by atoms with Crippen LogP contribution in [0.25, 0.3) is 0 Å². The quantitative estimate of drug-likeness (QED) is 0.239. The molecule has 2 amide bonds. The summed E-state index contributed by atoms with van der Waals surface area (Å²) >= 11 is 0. The van der Waals surface area contributed by atoms with Crippen LogP contribution in [0.1, 0.15) is 81.6 Å². The number of amides is 2. The Balaban J connectivity index is 4.92. The van der Waals surface area contributed by atoms with Gasteiger partial charge in [0.15, 0.2) is 0 Å². The molecule has 206 valence electrons. The Hall–Kier alpha value is -1.32. The third-order valence-corrected chi connectivity index (χ3v) is 6.15. The van der Waals surface area contributed by atoms with Crippen LogP contribution >= 0.6 is 7.82 Å². The average Bonchev–Trinajstić information content (AvgIpc) is 2.71. The number of hydrogen-bond donors (Lipinski definition) is 4. The minimum Gasteiger partial charge on any atom is -0.383 e. The van der Waals surface area contributed by atoms with Crippen molar-refractivity contribution in [2.75, 3.05) is 26.3 Å². The first-order valence-electron chi connectivity index (χ1n) is 12.1. The van der Waals surface area contributed by atoms with Crippen molar-refractivity contribution in [3.8, 4) is 0 Å². The Morgan fingerprint density at radius 1 is 0.943 bits per heavy atom. The van der Waals surface area contributed by atoms with Gasteiger partial charge in [-0.3, -0.25) is 23.4 Å². The number of phosphoric acid groups is 1. The second kappa shape index (κ2) is 13.8. The summed E-state index contributed by atoms with van der Waals surface area (Å²) in [7, 11) is -4.56. The zero-order valence-electron chi connectivity index (χ0n) is 22.9. The number of rotatable bonds is 15. The highest BCUT2D eigenvalue weighted by Crippen LogP contribution is 2.46.